The number of hydrogen-bond acceptors (Lipinski definition) is 1. The van der Waals surface area contributed by atoms with Crippen molar-refractivity contribution in [2.24, 2.45) is 0 Å². The first-order chi connectivity index (χ1) is 9.25. The van der Waals surface area contributed by atoms with Gasteiger partial charge in [-0.25, -0.2) is 0 Å². The molecule has 3 rings (SSSR count). The second-order valence-corrected chi connectivity index (χ2v) is 5.64. The van der Waals surface area contributed by atoms with E-state index in [1.165, 1.54) is 36.8 Å². The fourth-order valence-electron chi connectivity index (χ4n) is 3.18. The number of Topliss-reactive ketones (excluding diaryl/α,β-unsaturated/α-hetero) is 1. The summed E-state index contributed by atoms with van der Waals surface area (Å²) in [5.41, 5.74) is 5.94. The Morgan fingerprint density at radius 2 is 1.74 bits per heavy atom. The van der Waals surface area contributed by atoms with E-state index in [-0.39, 0.29) is 5.78 Å². The van der Waals surface area contributed by atoms with Crippen molar-refractivity contribution in [1.82, 2.24) is 0 Å². The van der Waals surface area contributed by atoms with E-state index in [0.717, 1.165) is 24.0 Å². The highest BCUT2D eigenvalue weighted by atomic mass is 16.1. The molecule has 1 heteroatoms. The molecular weight excluding hydrogens is 232 g/mol. The molecule has 1 nitrogen and oxygen atoms in total. The molecule has 0 aromatic heterocycles. The molecule has 0 unspecified atom stereocenters. The van der Waals surface area contributed by atoms with Gasteiger partial charge in [-0.1, -0.05) is 41.5 Å². The Labute approximate surface area is 115 Å². The summed E-state index contributed by atoms with van der Waals surface area (Å²) in [6, 6.07) is 7.96. The minimum absolute atomic E-state index is 0.219. The van der Waals surface area contributed by atoms with Gasteiger partial charge < -0.3 is 0 Å². The molecule has 1 aromatic carbocycles. The predicted molar refractivity (Wildman–Crippen MR) is 78.3 cm³/mol. The Bertz CT molecular complexity index is 558. The molecule has 1 aromatic rings. The molecule has 0 saturated heterocycles. The largest absolute Gasteiger partial charge is 0.289 e. The molecule has 0 radical (unpaired) electrons. The van der Waals surface area contributed by atoms with Gasteiger partial charge in [0.2, 0.25) is 0 Å². The maximum atomic E-state index is 12.7. The van der Waals surface area contributed by atoms with Gasteiger partial charge in [-0.05, 0) is 51.0 Å². The molecule has 0 fully saturated rings. The summed E-state index contributed by atoms with van der Waals surface area (Å²) in [5.74, 6) is 0.219. The fraction of sp³-hybridized carbons (Fsp3) is 0.389. The summed E-state index contributed by atoms with van der Waals surface area (Å²) < 4.78 is 0. The average molecular weight is 252 g/mol. The Balaban J connectivity index is 1.95. The first kappa shape index (κ1) is 12.4. The first-order valence-corrected chi connectivity index (χ1v) is 7.28. The van der Waals surface area contributed by atoms with Gasteiger partial charge in [-0.3, -0.25) is 4.79 Å². The van der Waals surface area contributed by atoms with Gasteiger partial charge in [0.25, 0.3) is 0 Å². The second kappa shape index (κ2) is 5.16. The maximum absolute atomic E-state index is 12.7. The van der Waals surface area contributed by atoms with Crippen LogP contribution in [0, 0.1) is 6.92 Å². The van der Waals surface area contributed by atoms with E-state index in [1.54, 1.807) is 5.57 Å². The molecule has 0 atom stereocenters. The standard InChI is InChI=1S/C18H20O/c1-13-9-11-15(12-10-13)18(19)17-7-3-2-5-14-6-4-8-16(14)17/h7,9-12H,2-6,8H2,1H3. The third-order valence-corrected chi connectivity index (χ3v) is 4.25. The van der Waals surface area contributed by atoms with Crippen LogP contribution < -0.4 is 0 Å². The van der Waals surface area contributed by atoms with Crippen molar-refractivity contribution in [3.05, 3.63) is 58.2 Å². The van der Waals surface area contributed by atoms with Crippen LogP contribution in [0.3, 0.4) is 0 Å². The van der Waals surface area contributed by atoms with Crippen LogP contribution in [0.25, 0.3) is 0 Å². The van der Waals surface area contributed by atoms with Crippen LogP contribution in [0.1, 0.15) is 54.4 Å². The second-order valence-electron chi connectivity index (χ2n) is 5.64. The van der Waals surface area contributed by atoms with Crippen LogP contribution in [0.15, 0.2) is 47.1 Å². The minimum atomic E-state index is 0.219. The zero-order valence-electron chi connectivity index (χ0n) is 11.5. The molecule has 98 valence electrons. The van der Waals surface area contributed by atoms with Crippen molar-refractivity contribution in [1.29, 1.82) is 0 Å². The molecular formula is C18H20O. The number of ketones is 1. The van der Waals surface area contributed by atoms with E-state index >= 15 is 0 Å². The predicted octanol–water partition coefficient (Wildman–Crippen LogP) is 4.77. The highest BCUT2D eigenvalue weighted by molar-refractivity contribution is 6.11. The first-order valence-electron chi connectivity index (χ1n) is 7.28. The summed E-state index contributed by atoms with van der Waals surface area (Å²) in [6.45, 7) is 2.05. The van der Waals surface area contributed by atoms with Gasteiger partial charge in [-0.15, -0.1) is 0 Å². The number of rotatable bonds is 2. The zero-order valence-corrected chi connectivity index (χ0v) is 11.5. The summed E-state index contributed by atoms with van der Waals surface area (Å²) in [4.78, 5) is 12.7. The molecule has 0 aliphatic heterocycles. The van der Waals surface area contributed by atoms with Crippen LogP contribution in [0.5, 0.6) is 0 Å². The van der Waals surface area contributed by atoms with Crippen molar-refractivity contribution in [2.75, 3.05) is 0 Å². The van der Waals surface area contributed by atoms with E-state index in [2.05, 4.69) is 13.0 Å². The normalized spacial score (nSPS) is 18.9. The number of carbonyl (C=O) groups is 1. The van der Waals surface area contributed by atoms with Crippen molar-refractivity contribution < 1.29 is 4.79 Å². The molecule has 2 aliphatic carbocycles. The smallest absolute Gasteiger partial charge is 0.192 e. The summed E-state index contributed by atoms with van der Waals surface area (Å²) in [5, 5.41) is 0. The number of allylic oxidation sites excluding steroid dienone is 4. The fourth-order valence-corrected chi connectivity index (χ4v) is 3.18. The summed E-state index contributed by atoms with van der Waals surface area (Å²) >= 11 is 0. The molecule has 2 aliphatic rings. The Morgan fingerprint density at radius 1 is 1.00 bits per heavy atom. The lowest BCUT2D eigenvalue weighted by atomic mass is 9.94. The van der Waals surface area contributed by atoms with Crippen LogP contribution in [-0.4, -0.2) is 5.78 Å². The maximum Gasteiger partial charge on any atom is 0.192 e. The molecule has 0 heterocycles. The van der Waals surface area contributed by atoms with Gasteiger partial charge >= 0.3 is 0 Å². The highest BCUT2D eigenvalue weighted by Crippen LogP contribution is 2.37. The van der Waals surface area contributed by atoms with E-state index < -0.39 is 0 Å². The van der Waals surface area contributed by atoms with Gasteiger partial charge in [0.05, 0.1) is 0 Å². The zero-order chi connectivity index (χ0) is 13.2. The number of hydrogen-bond donors (Lipinski definition) is 0. The topological polar surface area (TPSA) is 17.1 Å². The molecule has 0 N–H and O–H groups in total. The molecule has 0 spiro atoms. The SMILES string of the molecule is Cc1ccc(C(=O)C2=CCCCC3=C2CCC3)cc1. The molecule has 0 bridgehead atoms. The van der Waals surface area contributed by atoms with Crippen LogP contribution in [0.4, 0.5) is 0 Å². The monoisotopic (exact) mass is 252 g/mol. The van der Waals surface area contributed by atoms with Crippen LogP contribution in [-0.2, 0) is 0 Å². The Morgan fingerprint density at radius 3 is 2.53 bits per heavy atom. The number of carbonyl (C=O) groups excluding carboxylic acids is 1. The Kier molecular flexibility index (Phi) is 3.37. The molecule has 0 amide bonds. The third kappa shape index (κ3) is 2.42. The van der Waals surface area contributed by atoms with E-state index in [9.17, 15) is 4.79 Å². The lowest BCUT2D eigenvalue weighted by molar-refractivity contribution is 0.103. The van der Waals surface area contributed by atoms with Crippen molar-refractivity contribution in [3.8, 4) is 0 Å². The third-order valence-electron chi connectivity index (χ3n) is 4.25. The number of aryl methyl sites for hydroxylation is 1. The van der Waals surface area contributed by atoms with Gasteiger partial charge in [0.15, 0.2) is 5.78 Å². The lowest BCUT2D eigenvalue weighted by Crippen LogP contribution is -2.06. The van der Waals surface area contributed by atoms with E-state index in [0.29, 0.717) is 0 Å². The van der Waals surface area contributed by atoms with Crippen molar-refractivity contribution in [2.45, 2.75) is 45.4 Å². The average Bonchev–Trinajstić information content (AvgIpc) is 2.79. The summed E-state index contributed by atoms with van der Waals surface area (Å²) in [7, 11) is 0. The summed E-state index contributed by atoms with van der Waals surface area (Å²) in [6.07, 6.45) is 9.13. The van der Waals surface area contributed by atoms with Crippen molar-refractivity contribution >= 4 is 5.78 Å². The van der Waals surface area contributed by atoms with Gasteiger partial charge in [0.1, 0.15) is 0 Å². The molecule has 19 heavy (non-hydrogen) atoms. The highest BCUT2D eigenvalue weighted by Gasteiger charge is 2.24. The van der Waals surface area contributed by atoms with E-state index in [1.807, 2.05) is 24.3 Å². The molecule has 0 saturated carbocycles. The van der Waals surface area contributed by atoms with Gasteiger partial charge in [0, 0.05) is 11.1 Å². The van der Waals surface area contributed by atoms with Crippen LogP contribution in [0.2, 0.25) is 0 Å². The quantitative estimate of drug-likeness (QED) is 0.693. The van der Waals surface area contributed by atoms with E-state index in [4.69, 9.17) is 0 Å². The van der Waals surface area contributed by atoms with Crippen molar-refractivity contribution in [3.63, 3.8) is 0 Å². The van der Waals surface area contributed by atoms with Crippen LogP contribution >= 0.6 is 0 Å². The minimum Gasteiger partial charge on any atom is -0.289 e. The number of benzene rings is 1. The lowest BCUT2D eigenvalue weighted by Gasteiger charge is -2.09. The van der Waals surface area contributed by atoms with Gasteiger partial charge in [-0.2, -0.15) is 0 Å². The Hall–Kier alpha value is -1.63.